The number of carbonyl (C=O) groups excluding carboxylic acids is 1. The van der Waals surface area contributed by atoms with E-state index in [0.29, 0.717) is 18.4 Å². The number of cyclic esters (lactones) is 1. The highest BCUT2D eigenvalue weighted by Crippen LogP contribution is 2.28. The molecule has 0 unspecified atom stereocenters. The first-order valence-electron chi connectivity index (χ1n) is 17.5. The van der Waals surface area contributed by atoms with Gasteiger partial charge in [-0.1, -0.05) is 122 Å². The van der Waals surface area contributed by atoms with Crippen LogP contribution in [0.25, 0.3) is 0 Å². The Morgan fingerprint density at radius 3 is 1.51 bits per heavy atom. The molecule has 41 heavy (non-hydrogen) atoms. The number of aliphatic hydroxyl groups excluding tert-OH is 3. The predicted molar refractivity (Wildman–Crippen MR) is 167 cm³/mol. The molecular formula is C35H64O6. The van der Waals surface area contributed by atoms with Crippen molar-refractivity contribution in [3.05, 3.63) is 11.6 Å². The van der Waals surface area contributed by atoms with Crippen molar-refractivity contribution in [2.45, 2.75) is 205 Å². The second kappa shape index (κ2) is 22.6. The van der Waals surface area contributed by atoms with Gasteiger partial charge >= 0.3 is 5.97 Å². The molecule has 6 atom stereocenters. The molecule has 2 aliphatic heterocycles. The molecule has 2 rings (SSSR count). The van der Waals surface area contributed by atoms with Crippen LogP contribution in [0, 0.1) is 0 Å². The number of rotatable bonds is 26. The SMILES string of the molecule is CCCCCCCCCCCCCC[C@@H](O)[C@H]1CC[C@H]([C@H](O)CCCCCCCC[C@@H](O)CC2=C[C@H](C)OC2=O)O1. The molecule has 2 aliphatic rings. The Balaban J connectivity index is 1.38. The molecule has 0 saturated carbocycles. The molecule has 0 spiro atoms. The highest BCUT2D eigenvalue weighted by Gasteiger charge is 2.34. The average molecular weight is 581 g/mol. The summed E-state index contributed by atoms with van der Waals surface area (Å²) in [7, 11) is 0. The molecule has 0 amide bonds. The van der Waals surface area contributed by atoms with Gasteiger partial charge in [0.2, 0.25) is 0 Å². The van der Waals surface area contributed by atoms with Gasteiger partial charge in [0, 0.05) is 12.0 Å². The lowest BCUT2D eigenvalue weighted by molar-refractivity contribution is -0.139. The van der Waals surface area contributed by atoms with Crippen molar-refractivity contribution < 1.29 is 29.6 Å². The van der Waals surface area contributed by atoms with Crippen LogP contribution in [0.2, 0.25) is 0 Å². The molecule has 0 aromatic carbocycles. The fourth-order valence-corrected chi connectivity index (χ4v) is 6.40. The summed E-state index contributed by atoms with van der Waals surface area (Å²) in [6.07, 6.45) is 26.7. The van der Waals surface area contributed by atoms with Gasteiger partial charge in [0.1, 0.15) is 6.10 Å². The van der Waals surface area contributed by atoms with E-state index in [1.54, 1.807) is 6.08 Å². The lowest BCUT2D eigenvalue weighted by atomic mass is 9.99. The summed E-state index contributed by atoms with van der Waals surface area (Å²) < 4.78 is 11.2. The molecule has 6 heteroatoms. The van der Waals surface area contributed by atoms with Gasteiger partial charge in [0.15, 0.2) is 0 Å². The molecular weight excluding hydrogens is 516 g/mol. The maximum Gasteiger partial charge on any atom is 0.334 e. The van der Waals surface area contributed by atoms with Crippen LogP contribution in [-0.4, -0.2) is 57.9 Å². The zero-order valence-corrected chi connectivity index (χ0v) is 26.6. The maximum absolute atomic E-state index is 11.6. The molecule has 240 valence electrons. The van der Waals surface area contributed by atoms with Crippen molar-refractivity contribution in [3.63, 3.8) is 0 Å². The van der Waals surface area contributed by atoms with Gasteiger partial charge in [0.25, 0.3) is 0 Å². The molecule has 0 aromatic heterocycles. The summed E-state index contributed by atoms with van der Waals surface area (Å²) in [6, 6.07) is 0. The number of ether oxygens (including phenoxy) is 2. The normalized spacial score (nSPS) is 23.0. The number of hydrogen-bond donors (Lipinski definition) is 3. The third-order valence-corrected chi connectivity index (χ3v) is 9.03. The van der Waals surface area contributed by atoms with Gasteiger partial charge in [-0.3, -0.25) is 0 Å². The fourth-order valence-electron chi connectivity index (χ4n) is 6.40. The average Bonchev–Trinajstić information content (AvgIpc) is 3.57. The van der Waals surface area contributed by atoms with E-state index >= 15 is 0 Å². The second-order valence-corrected chi connectivity index (χ2v) is 13.0. The van der Waals surface area contributed by atoms with Crippen LogP contribution in [0.15, 0.2) is 11.6 Å². The summed E-state index contributed by atoms with van der Waals surface area (Å²) in [6.45, 7) is 4.10. The highest BCUT2D eigenvalue weighted by molar-refractivity contribution is 5.90. The topological polar surface area (TPSA) is 96.2 Å². The van der Waals surface area contributed by atoms with Gasteiger partial charge in [-0.25, -0.2) is 4.79 Å². The molecule has 0 aliphatic carbocycles. The van der Waals surface area contributed by atoms with Crippen LogP contribution in [0.3, 0.4) is 0 Å². The number of unbranched alkanes of at least 4 members (excludes halogenated alkanes) is 16. The quantitative estimate of drug-likeness (QED) is 0.0707. The van der Waals surface area contributed by atoms with Crippen molar-refractivity contribution >= 4 is 5.97 Å². The lowest BCUT2D eigenvalue weighted by Gasteiger charge is -2.22. The largest absolute Gasteiger partial charge is 0.455 e. The van der Waals surface area contributed by atoms with E-state index in [2.05, 4.69) is 6.92 Å². The minimum atomic E-state index is -0.479. The maximum atomic E-state index is 11.6. The zero-order valence-electron chi connectivity index (χ0n) is 26.6. The van der Waals surface area contributed by atoms with Crippen molar-refractivity contribution in [2.75, 3.05) is 0 Å². The van der Waals surface area contributed by atoms with E-state index in [9.17, 15) is 20.1 Å². The highest BCUT2D eigenvalue weighted by atomic mass is 16.5. The van der Waals surface area contributed by atoms with Gasteiger partial charge in [-0.2, -0.15) is 0 Å². The van der Waals surface area contributed by atoms with E-state index in [1.165, 1.54) is 70.6 Å². The molecule has 0 bridgehead atoms. The Kier molecular flexibility index (Phi) is 20.0. The summed E-state index contributed by atoms with van der Waals surface area (Å²) >= 11 is 0. The summed E-state index contributed by atoms with van der Waals surface area (Å²) in [5, 5.41) is 31.4. The van der Waals surface area contributed by atoms with Crippen LogP contribution >= 0.6 is 0 Å². The Bertz CT molecular complexity index is 694. The Morgan fingerprint density at radius 1 is 0.683 bits per heavy atom. The summed E-state index contributed by atoms with van der Waals surface area (Å²) in [4.78, 5) is 11.6. The van der Waals surface area contributed by atoms with Gasteiger partial charge in [-0.05, 0) is 45.1 Å². The van der Waals surface area contributed by atoms with E-state index in [-0.39, 0.29) is 24.3 Å². The Labute approximate surface area is 251 Å². The molecule has 1 fully saturated rings. The van der Waals surface area contributed by atoms with Crippen molar-refractivity contribution in [1.82, 2.24) is 0 Å². The van der Waals surface area contributed by atoms with E-state index in [1.807, 2.05) is 6.92 Å². The van der Waals surface area contributed by atoms with Crippen LogP contribution in [0.5, 0.6) is 0 Å². The minimum absolute atomic E-state index is 0.114. The predicted octanol–water partition coefficient (Wildman–Crippen LogP) is 8.09. The van der Waals surface area contributed by atoms with E-state index in [4.69, 9.17) is 9.47 Å². The summed E-state index contributed by atoms with van der Waals surface area (Å²) in [5.74, 6) is -0.289. The molecule has 0 aromatic rings. The van der Waals surface area contributed by atoms with Gasteiger partial charge < -0.3 is 24.8 Å². The Morgan fingerprint density at radius 2 is 1.10 bits per heavy atom. The minimum Gasteiger partial charge on any atom is -0.455 e. The first-order chi connectivity index (χ1) is 19.9. The standard InChI is InChI=1S/C35H64O6/c1-3-4-5-6-7-8-9-10-11-12-16-19-22-31(37)33-24-25-34(41-33)32(38)23-20-17-14-13-15-18-21-30(36)27-29-26-28(2)40-35(29)39/h26,28,30-34,36-38H,3-25,27H2,1-2H3/t28-,30+,31+,32+,33+,34+/m0/s1. The van der Waals surface area contributed by atoms with E-state index < -0.39 is 18.3 Å². The third kappa shape index (κ3) is 16.5. The van der Waals surface area contributed by atoms with Gasteiger partial charge in [0.05, 0.1) is 30.5 Å². The first-order valence-corrected chi connectivity index (χ1v) is 17.5. The monoisotopic (exact) mass is 580 g/mol. The second-order valence-electron chi connectivity index (χ2n) is 13.0. The number of hydrogen-bond acceptors (Lipinski definition) is 6. The third-order valence-electron chi connectivity index (χ3n) is 9.03. The summed E-state index contributed by atoms with van der Waals surface area (Å²) in [5.41, 5.74) is 0.607. The molecule has 2 heterocycles. The molecule has 6 nitrogen and oxygen atoms in total. The van der Waals surface area contributed by atoms with Crippen LogP contribution in [-0.2, 0) is 14.3 Å². The molecule has 0 radical (unpaired) electrons. The van der Waals surface area contributed by atoms with E-state index in [0.717, 1.165) is 70.6 Å². The molecule has 1 saturated heterocycles. The van der Waals surface area contributed by atoms with Crippen LogP contribution < -0.4 is 0 Å². The van der Waals surface area contributed by atoms with Crippen molar-refractivity contribution in [3.8, 4) is 0 Å². The number of esters is 1. The first kappa shape index (κ1) is 36.2. The number of aliphatic hydroxyl groups is 3. The molecule has 3 N–H and O–H groups in total. The number of carbonyl (C=O) groups is 1. The lowest BCUT2D eigenvalue weighted by Crippen LogP contribution is -2.31. The van der Waals surface area contributed by atoms with Crippen molar-refractivity contribution in [2.24, 2.45) is 0 Å². The van der Waals surface area contributed by atoms with Gasteiger partial charge in [-0.15, -0.1) is 0 Å². The van der Waals surface area contributed by atoms with Crippen molar-refractivity contribution in [1.29, 1.82) is 0 Å². The van der Waals surface area contributed by atoms with Crippen LogP contribution in [0.1, 0.15) is 168 Å². The fraction of sp³-hybridized carbons (Fsp3) is 0.914. The zero-order chi connectivity index (χ0) is 29.7. The Hall–Kier alpha value is -0.950. The van der Waals surface area contributed by atoms with Crippen LogP contribution in [0.4, 0.5) is 0 Å². The smallest absolute Gasteiger partial charge is 0.334 e.